The summed E-state index contributed by atoms with van der Waals surface area (Å²) in [4.78, 5) is 40.6. The van der Waals surface area contributed by atoms with E-state index in [4.69, 9.17) is 0 Å². The molecule has 1 aliphatic rings. The maximum Gasteiger partial charge on any atom is 0.287 e. The fraction of sp³-hybridized carbons (Fsp3) is 0.188. The molecule has 0 bridgehead atoms. The van der Waals surface area contributed by atoms with Crippen molar-refractivity contribution in [1.82, 2.24) is 24.6 Å². The van der Waals surface area contributed by atoms with Crippen molar-refractivity contribution in [3.05, 3.63) is 41.5 Å². The molecule has 10 heteroatoms. The van der Waals surface area contributed by atoms with Gasteiger partial charge in [0, 0.05) is 12.4 Å². The first kappa shape index (κ1) is 16.2. The van der Waals surface area contributed by atoms with Gasteiger partial charge in [-0.05, 0) is 17.6 Å². The first-order valence-corrected chi connectivity index (χ1v) is 8.59. The molecular formula is C16H14N6O3S. The predicted molar refractivity (Wildman–Crippen MR) is 95.0 cm³/mol. The molecule has 0 fully saturated rings. The van der Waals surface area contributed by atoms with Gasteiger partial charge >= 0.3 is 0 Å². The molecule has 3 heterocycles. The van der Waals surface area contributed by atoms with E-state index in [1.807, 2.05) is 24.3 Å². The number of nitrogens with zero attached hydrogens (tertiary/aromatic N) is 3. The van der Waals surface area contributed by atoms with Crippen LogP contribution in [0, 0.1) is 0 Å². The molecule has 9 nitrogen and oxygen atoms in total. The van der Waals surface area contributed by atoms with E-state index < -0.39 is 11.8 Å². The van der Waals surface area contributed by atoms with E-state index in [-0.39, 0.29) is 30.6 Å². The molecule has 0 unspecified atom stereocenters. The lowest BCUT2D eigenvalue weighted by molar-refractivity contribution is -0.122. The summed E-state index contributed by atoms with van der Waals surface area (Å²) in [5.41, 5.74) is 0.866. The number of benzene rings is 1. The number of aromatic nitrogens is 3. The number of carbonyl (C=O) groups excluding carboxylic acids is 3. The van der Waals surface area contributed by atoms with Crippen LogP contribution in [0.5, 0.6) is 0 Å². The number of hydrogen-bond acceptors (Lipinski definition) is 6. The Labute approximate surface area is 151 Å². The van der Waals surface area contributed by atoms with Gasteiger partial charge in [0.15, 0.2) is 5.82 Å². The van der Waals surface area contributed by atoms with Gasteiger partial charge in [-0.1, -0.05) is 18.2 Å². The van der Waals surface area contributed by atoms with E-state index >= 15 is 0 Å². The molecule has 0 spiro atoms. The number of hydrogen-bond donors (Lipinski definition) is 3. The number of carbonyl (C=O) groups is 3. The van der Waals surface area contributed by atoms with Crippen molar-refractivity contribution in [2.45, 2.75) is 13.1 Å². The van der Waals surface area contributed by atoms with Crippen molar-refractivity contribution in [1.29, 1.82) is 0 Å². The lowest BCUT2D eigenvalue weighted by Crippen LogP contribution is -2.36. The molecule has 0 saturated heterocycles. The quantitative estimate of drug-likeness (QED) is 0.628. The van der Waals surface area contributed by atoms with Crippen LogP contribution in [0.2, 0.25) is 0 Å². The third-order valence-electron chi connectivity index (χ3n) is 4.08. The lowest BCUT2D eigenvalue weighted by atomic mass is 10.2. The van der Waals surface area contributed by atoms with Crippen molar-refractivity contribution in [3.63, 3.8) is 0 Å². The smallest absolute Gasteiger partial charge is 0.287 e. The SMILES string of the molecule is CNC(=O)c1nc(NC(=O)c2nsc3ccccc23)c2n1CC(=O)NC2. The van der Waals surface area contributed by atoms with Crippen LogP contribution in [0.25, 0.3) is 10.1 Å². The Kier molecular flexibility index (Phi) is 3.88. The third kappa shape index (κ3) is 2.60. The Hall–Kier alpha value is -3.27. The topological polar surface area (TPSA) is 118 Å². The third-order valence-corrected chi connectivity index (χ3v) is 4.91. The van der Waals surface area contributed by atoms with Gasteiger partial charge in [-0.15, -0.1) is 0 Å². The molecule has 0 saturated carbocycles. The largest absolute Gasteiger partial charge is 0.352 e. The molecule has 2 aromatic heterocycles. The van der Waals surface area contributed by atoms with E-state index in [1.54, 1.807) is 0 Å². The first-order valence-electron chi connectivity index (χ1n) is 7.82. The van der Waals surface area contributed by atoms with Crippen LogP contribution in [0.1, 0.15) is 26.8 Å². The fourth-order valence-corrected chi connectivity index (χ4v) is 3.59. The van der Waals surface area contributed by atoms with Crippen LogP contribution in [0.15, 0.2) is 24.3 Å². The van der Waals surface area contributed by atoms with E-state index in [0.717, 1.165) is 10.1 Å². The number of rotatable bonds is 3. The molecule has 3 aromatic rings. The number of imidazole rings is 1. The average Bonchev–Trinajstić information content (AvgIpc) is 3.22. The molecule has 0 radical (unpaired) electrons. The normalized spacial score (nSPS) is 13.2. The molecule has 0 aliphatic carbocycles. The predicted octanol–water partition coefficient (Wildman–Crippen LogP) is 0.734. The van der Waals surface area contributed by atoms with Crippen LogP contribution in [0.3, 0.4) is 0 Å². The van der Waals surface area contributed by atoms with Gasteiger partial charge in [0.1, 0.15) is 12.2 Å². The second kappa shape index (κ2) is 6.23. The number of anilines is 1. The maximum atomic E-state index is 12.7. The summed E-state index contributed by atoms with van der Waals surface area (Å²) in [7, 11) is 1.48. The monoisotopic (exact) mass is 370 g/mol. The maximum absolute atomic E-state index is 12.7. The standard InChI is InChI=1S/C16H14N6O3S/c1-17-16(25)14-19-13(9-6-18-11(23)7-22(9)14)20-15(24)12-8-4-2-3-5-10(8)26-21-12/h2-5H,6-7H2,1H3,(H,17,25)(H,18,23)(H,20,24). The zero-order chi connectivity index (χ0) is 18.3. The van der Waals surface area contributed by atoms with Crippen molar-refractivity contribution in [3.8, 4) is 0 Å². The van der Waals surface area contributed by atoms with E-state index in [0.29, 0.717) is 11.4 Å². The van der Waals surface area contributed by atoms with Crippen LogP contribution < -0.4 is 16.0 Å². The Morgan fingerprint density at radius 3 is 2.88 bits per heavy atom. The number of amides is 3. The van der Waals surface area contributed by atoms with Gasteiger partial charge in [0.2, 0.25) is 11.7 Å². The second-order valence-corrected chi connectivity index (χ2v) is 6.46. The van der Waals surface area contributed by atoms with E-state index in [1.165, 1.54) is 23.1 Å². The van der Waals surface area contributed by atoms with E-state index in [2.05, 4.69) is 25.3 Å². The highest BCUT2D eigenvalue weighted by Gasteiger charge is 2.28. The molecule has 1 aromatic carbocycles. The van der Waals surface area contributed by atoms with Gasteiger partial charge in [-0.3, -0.25) is 14.4 Å². The van der Waals surface area contributed by atoms with Gasteiger partial charge in [0.25, 0.3) is 11.8 Å². The van der Waals surface area contributed by atoms with Crippen molar-refractivity contribution in [2.75, 3.05) is 12.4 Å². The summed E-state index contributed by atoms with van der Waals surface area (Å²) in [5.74, 6) is -0.742. The van der Waals surface area contributed by atoms with Gasteiger partial charge < -0.3 is 20.5 Å². The first-order chi connectivity index (χ1) is 12.6. The molecular weight excluding hydrogens is 356 g/mol. The Morgan fingerprint density at radius 2 is 2.08 bits per heavy atom. The van der Waals surface area contributed by atoms with Gasteiger partial charge in [-0.2, -0.15) is 4.37 Å². The van der Waals surface area contributed by atoms with Crippen molar-refractivity contribution >= 4 is 45.2 Å². The van der Waals surface area contributed by atoms with Crippen molar-refractivity contribution < 1.29 is 14.4 Å². The van der Waals surface area contributed by atoms with E-state index in [9.17, 15) is 14.4 Å². The molecule has 26 heavy (non-hydrogen) atoms. The van der Waals surface area contributed by atoms with Crippen LogP contribution >= 0.6 is 11.5 Å². The minimum Gasteiger partial charge on any atom is -0.352 e. The fourth-order valence-electron chi connectivity index (χ4n) is 2.82. The van der Waals surface area contributed by atoms with Gasteiger partial charge in [-0.25, -0.2) is 4.98 Å². The summed E-state index contributed by atoms with van der Waals surface area (Å²) in [6.07, 6.45) is 0. The molecule has 132 valence electrons. The van der Waals surface area contributed by atoms with Gasteiger partial charge in [0.05, 0.1) is 16.9 Å². The van der Waals surface area contributed by atoms with Crippen LogP contribution in [-0.2, 0) is 17.9 Å². The Morgan fingerprint density at radius 1 is 1.27 bits per heavy atom. The molecule has 4 rings (SSSR count). The molecule has 3 amide bonds. The zero-order valence-electron chi connectivity index (χ0n) is 13.7. The summed E-state index contributed by atoms with van der Waals surface area (Å²) < 4.78 is 6.63. The molecule has 0 atom stereocenters. The molecule has 1 aliphatic heterocycles. The molecule has 3 N–H and O–H groups in total. The Balaban J connectivity index is 1.71. The number of fused-ring (bicyclic) bond motifs is 2. The van der Waals surface area contributed by atoms with Crippen LogP contribution in [0.4, 0.5) is 5.82 Å². The highest BCUT2D eigenvalue weighted by Crippen LogP contribution is 2.25. The minimum absolute atomic E-state index is 0.0272. The van der Waals surface area contributed by atoms with Crippen LogP contribution in [-0.4, -0.2) is 38.7 Å². The second-order valence-electron chi connectivity index (χ2n) is 5.65. The highest BCUT2D eigenvalue weighted by atomic mass is 32.1. The average molecular weight is 370 g/mol. The zero-order valence-corrected chi connectivity index (χ0v) is 14.5. The summed E-state index contributed by atoms with van der Waals surface area (Å²) >= 11 is 1.24. The minimum atomic E-state index is -0.430. The summed E-state index contributed by atoms with van der Waals surface area (Å²) in [6, 6.07) is 7.44. The van der Waals surface area contributed by atoms with Crippen molar-refractivity contribution in [2.24, 2.45) is 0 Å². The highest BCUT2D eigenvalue weighted by molar-refractivity contribution is 7.13. The Bertz CT molecular complexity index is 1050. The summed E-state index contributed by atoms with van der Waals surface area (Å²) in [6.45, 7) is 0.150. The number of nitrogens with one attached hydrogen (secondary N) is 3. The summed E-state index contributed by atoms with van der Waals surface area (Å²) in [5, 5.41) is 8.65. The lowest BCUT2D eigenvalue weighted by Gasteiger charge is -2.17.